The number of likely N-dealkylation sites (N-methyl/N-ethyl adjacent to an activating group) is 1. The molecule has 7 nitrogen and oxygen atoms in total. The minimum absolute atomic E-state index is 0.0839. The molecule has 1 fully saturated rings. The Morgan fingerprint density at radius 1 is 1.27 bits per heavy atom. The van der Waals surface area contributed by atoms with Gasteiger partial charge in [0.1, 0.15) is 13.2 Å². The number of nitrogens with one attached hydrogen (secondary N) is 1. The van der Waals surface area contributed by atoms with Crippen molar-refractivity contribution in [1.29, 1.82) is 0 Å². The SMILES string of the molecule is CN1CCN(NC(N)=NCC(=O)OCc2ccccc2)CC1. The lowest BCUT2D eigenvalue weighted by molar-refractivity contribution is -0.143. The normalized spacial score (nSPS) is 17.2. The highest BCUT2D eigenvalue weighted by Gasteiger charge is 2.13. The quantitative estimate of drug-likeness (QED) is 0.445. The minimum atomic E-state index is -0.396. The fraction of sp³-hybridized carbons (Fsp3) is 0.467. The lowest BCUT2D eigenvalue weighted by Crippen LogP contribution is -2.54. The van der Waals surface area contributed by atoms with Crippen LogP contribution in [0.4, 0.5) is 0 Å². The number of rotatable bonds is 5. The monoisotopic (exact) mass is 305 g/mol. The molecule has 0 amide bonds. The van der Waals surface area contributed by atoms with E-state index in [-0.39, 0.29) is 19.1 Å². The fourth-order valence-corrected chi connectivity index (χ4v) is 2.05. The zero-order valence-electron chi connectivity index (χ0n) is 12.9. The molecule has 0 bridgehead atoms. The Hall–Kier alpha value is -2.12. The van der Waals surface area contributed by atoms with Gasteiger partial charge in [0.15, 0.2) is 0 Å². The Bertz CT molecular complexity index is 498. The second-order valence-electron chi connectivity index (χ2n) is 5.25. The molecule has 1 aliphatic rings. The Morgan fingerprint density at radius 3 is 2.64 bits per heavy atom. The fourth-order valence-electron chi connectivity index (χ4n) is 2.05. The number of carbonyl (C=O) groups excluding carboxylic acids is 1. The van der Waals surface area contributed by atoms with Gasteiger partial charge in [0, 0.05) is 26.2 Å². The molecule has 1 aliphatic heterocycles. The van der Waals surface area contributed by atoms with E-state index in [1.165, 1.54) is 0 Å². The lowest BCUT2D eigenvalue weighted by atomic mass is 10.2. The van der Waals surface area contributed by atoms with Gasteiger partial charge in [0.2, 0.25) is 5.96 Å². The average Bonchev–Trinajstić information content (AvgIpc) is 2.54. The third kappa shape index (κ3) is 5.71. The largest absolute Gasteiger partial charge is 0.459 e. The van der Waals surface area contributed by atoms with Crippen LogP contribution in [0.15, 0.2) is 35.3 Å². The van der Waals surface area contributed by atoms with Gasteiger partial charge in [-0.25, -0.2) is 10.0 Å². The number of ether oxygens (including phenoxy) is 1. The molecule has 0 aliphatic carbocycles. The molecule has 2 rings (SSSR count). The van der Waals surface area contributed by atoms with Gasteiger partial charge in [-0.2, -0.15) is 0 Å². The van der Waals surface area contributed by atoms with E-state index in [9.17, 15) is 4.79 Å². The predicted molar refractivity (Wildman–Crippen MR) is 84.9 cm³/mol. The van der Waals surface area contributed by atoms with Crippen LogP contribution in [0.5, 0.6) is 0 Å². The summed E-state index contributed by atoms with van der Waals surface area (Å²) in [6, 6.07) is 9.53. The van der Waals surface area contributed by atoms with Crippen LogP contribution in [-0.4, -0.2) is 61.6 Å². The van der Waals surface area contributed by atoms with Gasteiger partial charge in [-0.15, -0.1) is 0 Å². The van der Waals surface area contributed by atoms with Crippen molar-refractivity contribution in [2.24, 2.45) is 10.7 Å². The van der Waals surface area contributed by atoms with Crippen LogP contribution in [0.3, 0.4) is 0 Å². The van der Waals surface area contributed by atoms with Crippen LogP contribution in [0.1, 0.15) is 5.56 Å². The van der Waals surface area contributed by atoms with Crippen molar-refractivity contribution in [3.8, 4) is 0 Å². The number of hydrogen-bond acceptors (Lipinski definition) is 5. The maximum atomic E-state index is 11.6. The third-order valence-electron chi connectivity index (χ3n) is 3.40. The topological polar surface area (TPSA) is 83.2 Å². The number of hydrazine groups is 1. The predicted octanol–water partition coefficient (Wildman–Crippen LogP) is -0.203. The summed E-state index contributed by atoms with van der Waals surface area (Å²) in [5, 5.41) is 1.99. The van der Waals surface area contributed by atoms with Gasteiger partial charge in [-0.1, -0.05) is 30.3 Å². The first-order valence-corrected chi connectivity index (χ1v) is 7.33. The van der Waals surface area contributed by atoms with Crippen LogP contribution >= 0.6 is 0 Å². The summed E-state index contributed by atoms with van der Waals surface area (Å²) in [7, 11) is 2.08. The van der Waals surface area contributed by atoms with Gasteiger partial charge >= 0.3 is 5.97 Å². The second kappa shape index (κ2) is 8.35. The van der Waals surface area contributed by atoms with Gasteiger partial charge in [-0.05, 0) is 12.6 Å². The van der Waals surface area contributed by atoms with Crippen molar-refractivity contribution in [1.82, 2.24) is 15.3 Å². The van der Waals surface area contributed by atoms with Crippen LogP contribution in [0.2, 0.25) is 0 Å². The van der Waals surface area contributed by atoms with E-state index in [4.69, 9.17) is 10.5 Å². The molecule has 7 heteroatoms. The lowest BCUT2D eigenvalue weighted by Gasteiger charge is -2.32. The standard InChI is InChI=1S/C15H23N5O2/c1-19-7-9-20(10-8-19)18-15(16)17-11-14(21)22-12-13-5-3-2-4-6-13/h2-6H,7-12H2,1H3,(H3,16,17,18). The first-order chi connectivity index (χ1) is 10.6. The summed E-state index contributed by atoms with van der Waals surface area (Å²) in [4.78, 5) is 17.9. The molecule has 22 heavy (non-hydrogen) atoms. The molecule has 0 atom stereocenters. The number of piperazine rings is 1. The smallest absolute Gasteiger partial charge is 0.328 e. The summed E-state index contributed by atoms with van der Waals surface area (Å²) in [5.41, 5.74) is 9.71. The minimum Gasteiger partial charge on any atom is -0.459 e. The Balaban J connectivity index is 1.67. The zero-order valence-corrected chi connectivity index (χ0v) is 12.9. The van der Waals surface area contributed by atoms with Crippen molar-refractivity contribution in [3.63, 3.8) is 0 Å². The summed E-state index contributed by atoms with van der Waals surface area (Å²) in [6.45, 7) is 3.84. The van der Waals surface area contributed by atoms with Crippen LogP contribution < -0.4 is 11.2 Å². The second-order valence-corrected chi connectivity index (χ2v) is 5.25. The van der Waals surface area contributed by atoms with E-state index in [1.54, 1.807) is 0 Å². The van der Waals surface area contributed by atoms with Crippen LogP contribution in [0, 0.1) is 0 Å². The highest BCUT2D eigenvalue weighted by molar-refractivity contribution is 5.81. The molecule has 1 saturated heterocycles. The Kier molecular flexibility index (Phi) is 6.17. The first kappa shape index (κ1) is 16.3. The first-order valence-electron chi connectivity index (χ1n) is 7.33. The number of benzene rings is 1. The van der Waals surface area contributed by atoms with E-state index in [0.29, 0.717) is 0 Å². The molecule has 1 heterocycles. The molecule has 3 N–H and O–H groups in total. The van der Waals surface area contributed by atoms with E-state index >= 15 is 0 Å². The zero-order chi connectivity index (χ0) is 15.8. The molecular weight excluding hydrogens is 282 g/mol. The average molecular weight is 305 g/mol. The molecule has 0 radical (unpaired) electrons. The van der Waals surface area contributed by atoms with Crippen molar-refractivity contribution in [2.45, 2.75) is 6.61 Å². The summed E-state index contributed by atoms with van der Waals surface area (Å²) >= 11 is 0. The van der Waals surface area contributed by atoms with Gasteiger partial charge < -0.3 is 15.4 Å². The Labute approximate surface area is 130 Å². The number of nitrogens with two attached hydrogens (primary N) is 1. The summed E-state index contributed by atoms with van der Waals surface area (Å²) < 4.78 is 5.13. The number of nitrogens with zero attached hydrogens (tertiary/aromatic N) is 3. The highest BCUT2D eigenvalue weighted by Crippen LogP contribution is 2.00. The number of esters is 1. The molecule has 0 saturated carbocycles. The van der Waals surface area contributed by atoms with Crippen molar-refractivity contribution in [2.75, 3.05) is 39.8 Å². The molecule has 0 unspecified atom stereocenters. The van der Waals surface area contributed by atoms with Crippen molar-refractivity contribution in [3.05, 3.63) is 35.9 Å². The summed E-state index contributed by atoms with van der Waals surface area (Å²) in [5.74, 6) is -0.159. The molecule has 0 spiro atoms. The van der Waals surface area contributed by atoms with Crippen molar-refractivity contribution >= 4 is 11.9 Å². The molecule has 1 aromatic rings. The number of aliphatic imine (C=N–C) groups is 1. The van der Waals surface area contributed by atoms with Gasteiger partial charge in [0.05, 0.1) is 0 Å². The van der Waals surface area contributed by atoms with Crippen LogP contribution in [-0.2, 0) is 16.1 Å². The molecule has 0 aromatic heterocycles. The van der Waals surface area contributed by atoms with Gasteiger partial charge in [0.25, 0.3) is 0 Å². The van der Waals surface area contributed by atoms with E-state index in [2.05, 4.69) is 22.4 Å². The van der Waals surface area contributed by atoms with E-state index in [1.807, 2.05) is 35.3 Å². The molecular formula is C15H23N5O2. The van der Waals surface area contributed by atoms with E-state index in [0.717, 1.165) is 31.7 Å². The van der Waals surface area contributed by atoms with E-state index < -0.39 is 5.97 Å². The van der Waals surface area contributed by atoms with Crippen molar-refractivity contribution < 1.29 is 9.53 Å². The Morgan fingerprint density at radius 2 is 1.95 bits per heavy atom. The number of hydrogen-bond donors (Lipinski definition) is 2. The number of guanidine groups is 1. The maximum Gasteiger partial charge on any atom is 0.328 e. The van der Waals surface area contributed by atoms with Gasteiger partial charge in [-0.3, -0.25) is 10.2 Å². The molecule has 120 valence electrons. The number of carbonyl (C=O) groups is 1. The van der Waals surface area contributed by atoms with Crippen LogP contribution in [0.25, 0.3) is 0 Å². The third-order valence-corrected chi connectivity index (χ3v) is 3.40. The highest BCUT2D eigenvalue weighted by atomic mass is 16.5. The summed E-state index contributed by atoms with van der Waals surface area (Å²) in [6.07, 6.45) is 0. The molecule has 1 aromatic carbocycles. The maximum absolute atomic E-state index is 11.6.